The van der Waals surface area contributed by atoms with Gasteiger partial charge in [0.1, 0.15) is 18.3 Å². The third-order valence-electron chi connectivity index (χ3n) is 3.68. The average Bonchev–Trinajstić information content (AvgIpc) is 2.54. The summed E-state index contributed by atoms with van der Waals surface area (Å²) in [6.07, 6.45) is -10.8. The number of aliphatic hydroxyl groups is 4. The van der Waals surface area contributed by atoms with Gasteiger partial charge in [0, 0.05) is 5.56 Å². The monoisotopic (exact) mass is 351 g/mol. The molecular weight excluding hydrogens is 335 g/mol. The number of hydrogen-bond acceptors (Lipinski definition) is 6. The summed E-state index contributed by atoms with van der Waals surface area (Å²) in [5.41, 5.74) is -1.04. The van der Waals surface area contributed by atoms with E-state index in [0.717, 1.165) is 24.3 Å². The Morgan fingerprint density at radius 3 is 2.21 bits per heavy atom. The second-order valence-electron chi connectivity index (χ2n) is 5.30. The summed E-state index contributed by atoms with van der Waals surface area (Å²) in [5, 5.41) is 40.3. The van der Waals surface area contributed by atoms with Crippen LogP contribution in [0.2, 0.25) is 0 Å². The topological polar surface area (TPSA) is 119 Å². The lowest BCUT2D eigenvalue weighted by molar-refractivity contribution is -0.261. The maximum absolute atomic E-state index is 12.5. The van der Waals surface area contributed by atoms with Crippen molar-refractivity contribution >= 4 is 5.91 Å². The van der Waals surface area contributed by atoms with E-state index in [2.05, 4.69) is 5.32 Å². The van der Waals surface area contributed by atoms with Crippen molar-refractivity contribution in [3.63, 3.8) is 0 Å². The summed E-state index contributed by atoms with van der Waals surface area (Å²) >= 11 is 0. The smallest absolute Gasteiger partial charge is 0.394 e. The normalized spacial score (nSPS) is 30.9. The van der Waals surface area contributed by atoms with Crippen molar-refractivity contribution in [2.75, 3.05) is 6.61 Å². The van der Waals surface area contributed by atoms with Gasteiger partial charge in [0.15, 0.2) is 6.29 Å². The van der Waals surface area contributed by atoms with Crippen LogP contribution < -0.4 is 5.32 Å². The first-order chi connectivity index (χ1) is 11.1. The van der Waals surface area contributed by atoms with Crippen molar-refractivity contribution in [2.24, 2.45) is 0 Å². The van der Waals surface area contributed by atoms with E-state index in [-0.39, 0.29) is 5.56 Å². The SMILES string of the molecule is O=C(N[C@H]1[C@H](O)[C@@H](O)C(O)O[C@@H]1CO)c1ccc(C(F)(F)F)cc1. The van der Waals surface area contributed by atoms with Crippen molar-refractivity contribution in [1.82, 2.24) is 5.32 Å². The minimum Gasteiger partial charge on any atom is -0.394 e. The lowest BCUT2D eigenvalue weighted by atomic mass is 9.96. The Kier molecular flexibility index (Phi) is 5.45. The summed E-state index contributed by atoms with van der Waals surface area (Å²) in [6.45, 7) is -0.668. The van der Waals surface area contributed by atoms with Crippen LogP contribution in [-0.2, 0) is 10.9 Å². The molecule has 5 atom stereocenters. The molecular formula is C14H16F3NO6. The number of halogens is 3. The van der Waals surface area contributed by atoms with E-state index in [1.165, 1.54) is 0 Å². The maximum Gasteiger partial charge on any atom is 0.416 e. The van der Waals surface area contributed by atoms with Gasteiger partial charge in [-0.3, -0.25) is 4.79 Å². The van der Waals surface area contributed by atoms with Crippen LogP contribution in [0.25, 0.3) is 0 Å². The molecule has 1 aliphatic rings. The first-order valence-electron chi connectivity index (χ1n) is 6.93. The van der Waals surface area contributed by atoms with Gasteiger partial charge in [-0.15, -0.1) is 0 Å². The van der Waals surface area contributed by atoms with E-state index in [1.54, 1.807) is 0 Å². The molecule has 134 valence electrons. The Labute approximate surface area is 134 Å². The zero-order chi connectivity index (χ0) is 18.1. The first-order valence-corrected chi connectivity index (χ1v) is 6.93. The summed E-state index contributed by atoms with van der Waals surface area (Å²) in [7, 11) is 0. The average molecular weight is 351 g/mol. The van der Waals surface area contributed by atoms with Crippen LogP contribution in [0.15, 0.2) is 24.3 Å². The molecule has 1 aromatic carbocycles. The second-order valence-corrected chi connectivity index (χ2v) is 5.30. The van der Waals surface area contributed by atoms with Crippen LogP contribution in [0.4, 0.5) is 13.2 Å². The van der Waals surface area contributed by atoms with Crippen molar-refractivity contribution in [3.05, 3.63) is 35.4 Å². The molecule has 0 saturated carbocycles. The Morgan fingerprint density at radius 2 is 1.71 bits per heavy atom. The third kappa shape index (κ3) is 3.84. The summed E-state index contributed by atoms with van der Waals surface area (Å²) < 4.78 is 42.3. The number of aliphatic hydroxyl groups excluding tert-OH is 4. The highest BCUT2D eigenvalue weighted by Gasteiger charge is 2.44. The largest absolute Gasteiger partial charge is 0.416 e. The molecule has 0 aliphatic carbocycles. The Bertz CT molecular complexity index is 577. The van der Waals surface area contributed by atoms with Crippen molar-refractivity contribution < 1.29 is 43.1 Å². The lowest BCUT2D eigenvalue weighted by Gasteiger charge is -2.40. The molecule has 0 spiro atoms. The fourth-order valence-electron chi connectivity index (χ4n) is 2.33. The molecule has 1 saturated heterocycles. The van der Waals surface area contributed by atoms with E-state index in [4.69, 9.17) is 4.74 Å². The number of alkyl halides is 3. The second kappa shape index (κ2) is 7.03. The molecule has 1 unspecified atom stereocenters. The first kappa shape index (κ1) is 18.6. The fraction of sp³-hybridized carbons (Fsp3) is 0.500. The zero-order valence-corrected chi connectivity index (χ0v) is 12.1. The molecule has 1 amide bonds. The summed E-state index contributed by atoms with van der Waals surface area (Å²) in [4.78, 5) is 12.1. The Balaban J connectivity index is 2.12. The van der Waals surface area contributed by atoms with Crippen molar-refractivity contribution in [1.29, 1.82) is 0 Å². The molecule has 0 bridgehead atoms. The maximum atomic E-state index is 12.5. The van der Waals surface area contributed by atoms with Gasteiger partial charge in [0.2, 0.25) is 0 Å². The van der Waals surface area contributed by atoms with Crippen LogP contribution in [0.3, 0.4) is 0 Å². The molecule has 1 aromatic rings. The number of nitrogens with one attached hydrogen (secondary N) is 1. The molecule has 1 heterocycles. The van der Waals surface area contributed by atoms with Gasteiger partial charge in [-0.1, -0.05) is 0 Å². The number of rotatable bonds is 3. The van der Waals surface area contributed by atoms with Crippen LogP contribution in [0.1, 0.15) is 15.9 Å². The van der Waals surface area contributed by atoms with E-state index in [0.29, 0.717) is 0 Å². The fourth-order valence-corrected chi connectivity index (χ4v) is 2.33. The lowest BCUT2D eigenvalue weighted by Crippen LogP contribution is -2.64. The highest BCUT2D eigenvalue weighted by Crippen LogP contribution is 2.29. The molecule has 0 aromatic heterocycles. The third-order valence-corrected chi connectivity index (χ3v) is 3.68. The molecule has 7 nitrogen and oxygen atoms in total. The summed E-state index contributed by atoms with van der Waals surface area (Å²) in [5.74, 6) is -0.835. The van der Waals surface area contributed by atoms with Gasteiger partial charge in [-0.25, -0.2) is 0 Å². The van der Waals surface area contributed by atoms with E-state index in [1.807, 2.05) is 0 Å². The number of carbonyl (C=O) groups is 1. The molecule has 2 rings (SSSR count). The molecule has 24 heavy (non-hydrogen) atoms. The standard InChI is InChI=1S/C14H16F3NO6/c15-14(16,17)7-3-1-6(2-4-7)12(22)18-9-8(5-19)24-13(23)11(21)10(9)20/h1-4,8-11,13,19-21,23H,5H2,(H,18,22)/t8-,9-,10+,11-,13?/m1/s1. The Morgan fingerprint density at radius 1 is 1.12 bits per heavy atom. The zero-order valence-electron chi connectivity index (χ0n) is 12.1. The van der Waals surface area contributed by atoms with Gasteiger partial charge >= 0.3 is 6.18 Å². The number of hydrogen-bond donors (Lipinski definition) is 5. The predicted octanol–water partition coefficient (Wildman–Crippen LogP) is -0.765. The highest BCUT2D eigenvalue weighted by atomic mass is 19.4. The predicted molar refractivity (Wildman–Crippen MR) is 72.7 cm³/mol. The summed E-state index contributed by atoms with van der Waals surface area (Å²) in [6, 6.07) is 2.10. The molecule has 5 N–H and O–H groups in total. The van der Waals surface area contributed by atoms with E-state index >= 15 is 0 Å². The molecule has 10 heteroatoms. The van der Waals surface area contributed by atoms with Gasteiger partial charge < -0.3 is 30.5 Å². The van der Waals surface area contributed by atoms with Gasteiger partial charge in [-0.2, -0.15) is 13.2 Å². The van der Waals surface area contributed by atoms with Gasteiger partial charge in [-0.05, 0) is 24.3 Å². The van der Waals surface area contributed by atoms with E-state index < -0.39 is 54.9 Å². The van der Waals surface area contributed by atoms with Crippen molar-refractivity contribution in [2.45, 2.75) is 36.8 Å². The van der Waals surface area contributed by atoms with Crippen LogP contribution >= 0.6 is 0 Å². The minimum atomic E-state index is -4.54. The molecule has 0 radical (unpaired) electrons. The quantitative estimate of drug-likeness (QED) is 0.488. The van der Waals surface area contributed by atoms with Gasteiger partial charge in [0.05, 0.1) is 18.2 Å². The number of carbonyl (C=O) groups excluding carboxylic acids is 1. The number of ether oxygens (including phenoxy) is 1. The van der Waals surface area contributed by atoms with Crippen molar-refractivity contribution in [3.8, 4) is 0 Å². The molecule has 1 fully saturated rings. The number of benzene rings is 1. The van der Waals surface area contributed by atoms with Crippen LogP contribution in [0, 0.1) is 0 Å². The number of amides is 1. The Hall–Kier alpha value is -1.72. The molecule has 1 aliphatic heterocycles. The van der Waals surface area contributed by atoms with Crippen LogP contribution in [-0.4, -0.2) is 63.6 Å². The minimum absolute atomic E-state index is 0.118. The van der Waals surface area contributed by atoms with Gasteiger partial charge in [0.25, 0.3) is 5.91 Å². The van der Waals surface area contributed by atoms with Crippen LogP contribution in [0.5, 0.6) is 0 Å². The van der Waals surface area contributed by atoms with E-state index in [9.17, 15) is 38.4 Å². The highest BCUT2D eigenvalue weighted by molar-refractivity contribution is 5.94.